The molecule has 106 valence electrons. The van der Waals surface area contributed by atoms with Gasteiger partial charge in [-0.3, -0.25) is 0 Å². The Morgan fingerprint density at radius 1 is 1.30 bits per heavy atom. The molecule has 2 heterocycles. The van der Waals surface area contributed by atoms with E-state index in [9.17, 15) is 20.1 Å². The summed E-state index contributed by atoms with van der Waals surface area (Å²) < 4.78 is 10.4. The zero-order valence-corrected chi connectivity index (χ0v) is 11.0. The van der Waals surface area contributed by atoms with Crippen LogP contribution in [0.5, 0.6) is 11.5 Å². The van der Waals surface area contributed by atoms with Gasteiger partial charge in [0.1, 0.15) is 6.10 Å². The molecule has 6 heteroatoms. The number of benzene rings is 1. The van der Waals surface area contributed by atoms with Crippen LogP contribution in [0.3, 0.4) is 0 Å². The smallest absolute Gasteiger partial charge is 0.336 e. The van der Waals surface area contributed by atoms with Gasteiger partial charge in [-0.2, -0.15) is 0 Å². The number of aromatic hydroxyl groups is 1. The Morgan fingerprint density at radius 3 is 2.65 bits per heavy atom. The van der Waals surface area contributed by atoms with Gasteiger partial charge in [0.15, 0.2) is 17.4 Å². The molecular formula is C14H14O6. The molecule has 1 aliphatic rings. The van der Waals surface area contributed by atoms with Crippen LogP contribution in [0, 0.1) is 0 Å². The number of rotatable bonds is 1. The molecule has 0 saturated carbocycles. The average Bonchev–Trinajstić information content (AvgIpc) is 2.69. The molecule has 2 aromatic rings. The van der Waals surface area contributed by atoms with Crippen LogP contribution in [0.25, 0.3) is 11.0 Å². The molecule has 0 amide bonds. The maximum Gasteiger partial charge on any atom is 0.336 e. The minimum Gasteiger partial charge on any atom is -0.502 e. The van der Waals surface area contributed by atoms with E-state index in [-0.39, 0.29) is 17.1 Å². The first-order valence-electron chi connectivity index (χ1n) is 6.16. The maximum absolute atomic E-state index is 11.2. The van der Waals surface area contributed by atoms with Crippen LogP contribution in [0.2, 0.25) is 0 Å². The average molecular weight is 278 g/mol. The van der Waals surface area contributed by atoms with Crippen molar-refractivity contribution >= 4 is 11.0 Å². The van der Waals surface area contributed by atoms with Gasteiger partial charge in [0.2, 0.25) is 5.75 Å². The summed E-state index contributed by atoms with van der Waals surface area (Å²) in [5, 5.41) is 30.8. The van der Waals surface area contributed by atoms with Crippen molar-refractivity contribution in [1.82, 2.24) is 0 Å². The van der Waals surface area contributed by atoms with Crippen LogP contribution in [-0.4, -0.2) is 27.0 Å². The molecule has 0 unspecified atom stereocenters. The lowest BCUT2D eigenvalue weighted by atomic mass is 9.94. The lowest BCUT2D eigenvalue weighted by molar-refractivity contribution is -0.0766. The van der Waals surface area contributed by atoms with Gasteiger partial charge in [-0.15, -0.1) is 0 Å². The van der Waals surface area contributed by atoms with Crippen LogP contribution in [0.15, 0.2) is 27.4 Å². The summed E-state index contributed by atoms with van der Waals surface area (Å²) in [5.74, 6) is -0.313. The van der Waals surface area contributed by atoms with Gasteiger partial charge in [-0.1, -0.05) is 0 Å². The Hall–Kier alpha value is -2.05. The number of hydrogen-bond acceptors (Lipinski definition) is 6. The van der Waals surface area contributed by atoms with E-state index in [1.54, 1.807) is 6.07 Å². The monoisotopic (exact) mass is 278 g/mol. The molecule has 20 heavy (non-hydrogen) atoms. The molecule has 0 fully saturated rings. The van der Waals surface area contributed by atoms with Gasteiger partial charge in [0.05, 0.1) is 5.60 Å². The molecule has 0 bridgehead atoms. The van der Waals surface area contributed by atoms with Gasteiger partial charge in [0.25, 0.3) is 0 Å². The Balaban J connectivity index is 2.24. The maximum atomic E-state index is 11.2. The quantitative estimate of drug-likeness (QED) is 0.674. The van der Waals surface area contributed by atoms with Crippen LogP contribution < -0.4 is 10.4 Å². The van der Waals surface area contributed by atoms with Crippen molar-refractivity contribution in [2.24, 2.45) is 0 Å². The van der Waals surface area contributed by atoms with E-state index in [2.05, 4.69) is 0 Å². The molecule has 1 aromatic heterocycles. The first kappa shape index (κ1) is 13.0. The van der Waals surface area contributed by atoms with Gasteiger partial charge in [-0.25, -0.2) is 4.79 Å². The molecule has 1 aliphatic heterocycles. The summed E-state index contributed by atoms with van der Waals surface area (Å²) in [6.07, 6.45) is -1.99. The lowest BCUT2D eigenvalue weighted by Gasteiger charge is -2.27. The SMILES string of the molecule is CC(C)(O)[C@H]1Oc2c(cc3ccc(=O)oc3c2O)[C@H]1O. The summed E-state index contributed by atoms with van der Waals surface area (Å²) >= 11 is 0. The molecule has 3 N–H and O–H groups in total. The second kappa shape index (κ2) is 3.97. The number of phenols is 1. The molecule has 6 nitrogen and oxygen atoms in total. The molecule has 0 radical (unpaired) electrons. The molecule has 2 atom stereocenters. The standard InChI is InChI=1S/C14H14O6/c1-14(2,18)13-9(16)7-5-6-3-4-8(15)19-11(6)10(17)12(7)20-13/h3-5,9,13,16-18H,1-2H3/t9-,13+/m1/s1. The van der Waals surface area contributed by atoms with Crippen LogP contribution in [0.4, 0.5) is 0 Å². The Bertz CT molecular complexity index is 740. The fourth-order valence-corrected chi connectivity index (χ4v) is 2.43. The highest BCUT2D eigenvalue weighted by Gasteiger charge is 2.44. The van der Waals surface area contributed by atoms with Crippen molar-refractivity contribution < 1.29 is 24.5 Å². The van der Waals surface area contributed by atoms with Gasteiger partial charge in [0, 0.05) is 17.0 Å². The highest BCUT2D eigenvalue weighted by atomic mass is 16.5. The Labute approximate surface area is 113 Å². The molecule has 1 aromatic carbocycles. The van der Waals surface area contributed by atoms with Crippen molar-refractivity contribution in [3.63, 3.8) is 0 Å². The van der Waals surface area contributed by atoms with Gasteiger partial charge in [-0.05, 0) is 26.0 Å². The highest BCUT2D eigenvalue weighted by Crippen LogP contribution is 2.48. The van der Waals surface area contributed by atoms with Crippen molar-refractivity contribution in [3.8, 4) is 11.5 Å². The third kappa shape index (κ3) is 1.76. The minimum atomic E-state index is -1.29. The molecule has 0 saturated heterocycles. The van der Waals surface area contributed by atoms with Crippen molar-refractivity contribution in [1.29, 1.82) is 0 Å². The number of hydrogen-bond donors (Lipinski definition) is 3. The predicted molar refractivity (Wildman–Crippen MR) is 69.8 cm³/mol. The third-order valence-electron chi connectivity index (χ3n) is 3.41. The number of aliphatic hydroxyl groups excluding tert-OH is 1. The molecule has 0 aliphatic carbocycles. The number of ether oxygens (including phenoxy) is 1. The number of fused-ring (bicyclic) bond motifs is 2. The fourth-order valence-electron chi connectivity index (χ4n) is 2.43. The largest absolute Gasteiger partial charge is 0.502 e. The zero-order valence-electron chi connectivity index (χ0n) is 11.0. The van der Waals surface area contributed by atoms with Crippen molar-refractivity contribution in [2.45, 2.75) is 31.7 Å². The first-order chi connectivity index (χ1) is 9.29. The fraction of sp³-hybridized carbons (Fsp3) is 0.357. The lowest BCUT2D eigenvalue weighted by Crippen LogP contribution is -2.41. The Kier molecular flexibility index (Phi) is 2.57. The van der Waals surface area contributed by atoms with Crippen LogP contribution in [0.1, 0.15) is 25.5 Å². The van der Waals surface area contributed by atoms with Crippen molar-refractivity contribution in [2.75, 3.05) is 0 Å². The van der Waals surface area contributed by atoms with E-state index < -0.39 is 23.4 Å². The second-order valence-corrected chi connectivity index (χ2v) is 5.45. The predicted octanol–water partition coefficient (Wildman–Crippen LogP) is 1.06. The summed E-state index contributed by atoms with van der Waals surface area (Å²) in [6.45, 7) is 3.01. The van der Waals surface area contributed by atoms with Crippen LogP contribution >= 0.6 is 0 Å². The van der Waals surface area contributed by atoms with Gasteiger partial charge >= 0.3 is 5.63 Å². The van der Waals surface area contributed by atoms with E-state index in [4.69, 9.17) is 9.15 Å². The summed E-state index contributed by atoms with van der Waals surface area (Å²) in [7, 11) is 0. The Morgan fingerprint density at radius 2 is 2.00 bits per heavy atom. The summed E-state index contributed by atoms with van der Waals surface area (Å²) in [6, 6.07) is 4.29. The molecular weight excluding hydrogens is 264 g/mol. The van der Waals surface area contributed by atoms with E-state index in [1.807, 2.05) is 0 Å². The number of phenolic OH excluding ortho intramolecular Hbond substituents is 1. The zero-order chi connectivity index (χ0) is 14.7. The number of aliphatic hydroxyl groups is 2. The van der Waals surface area contributed by atoms with E-state index >= 15 is 0 Å². The molecule has 3 rings (SSSR count). The molecule has 0 spiro atoms. The van der Waals surface area contributed by atoms with E-state index in [0.717, 1.165) is 0 Å². The highest BCUT2D eigenvalue weighted by molar-refractivity contribution is 5.87. The van der Waals surface area contributed by atoms with E-state index in [1.165, 1.54) is 26.0 Å². The van der Waals surface area contributed by atoms with E-state index in [0.29, 0.717) is 10.9 Å². The topological polar surface area (TPSA) is 100 Å². The van der Waals surface area contributed by atoms with Gasteiger partial charge < -0.3 is 24.5 Å². The normalized spacial score (nSPS) is 21.8. The third-order valence-corrected chi connectivity index (χ3v) is 3.41. The second-order valence-electron chi connectivity index (χ2n) is 5.45. The first-order valence-corrected chi connectivity index (χ1v) is 6.16. The summed E-state index contributed by atoms with van der Waals surface area (Å²) in [4.78, 5) is 11.2. The van der Waals surface area contributed by atoms with Crippen LogP contribution in [-0.2, 0) is 0 Å². The van der Waals surface area contributed by atoms with Crippen molar-refractivity contribution in [3.05, 3.63) is 34.2 Å². The minimum absolute atomic E-state index is 0.000143. The summed E-state index contributed by atoms with van der Waals surface area (Å²) in [5.41, 5.74) is -1.53.